The van der Waals surface area contributed by atoms with Gasteiger partial charge in [0, 0.05) is 25.7 Å². The smallest absolute Gasteiger partial charge is 0.204 e. The number of halogens is 1. The summed E-state index contributed by atoms with van der Waals surface area (Å²) in [5, 5.41) is 1.38. The summed E-state index contributed by atoms with van der Waals surface area (Å²) in [5.74, 6) is 0. The fraction of sp³-hybridized carbons (Fsp3) is 0.286. The molecular formula is C7H9ClNO2P. The van der Waals surface area contributed by atoms with E-state index in [1.165, 1.54) is 0 Å². The molecule has 5 heteroatoms. The summed E-state index contributed by atoms with van der Waals surface area (Å²) in [7, 11) is 2.21. The monoisotopic (exact) mass is 205 g/mol. The van der Waals surface area contributed by atoms with Crippen LogP contribution in [0.3, 0.4) is 0 Å². The Balaban J connectivity index is 2.85. The zero-order valence-corrected chi connectivity index (χ0v) is 8.47. The van der Waals surface area contributed by atoms with Crippen LogP contribution >= 0.6 is 20.0 Å². The van der Waals surface area contributed by atoms with E-state index in [4.69, 9.17) is 20.6 Å². The van der Waals surface area contributed by atoms with Gasteiger partial charge in [0.1, 0.15) is 5.15 Å². The number of hydrogen-bond donors (Lipinski definition) is 0. The number of rotatable bonds is 3. The Labute approximate surface area is 77.6 Å². The molecule has 12 heavy (non-hydrogen) atoms. The third kappa shape index (κ3) is 2.39. The van der Waals surface area contributed by atoms with Gasteiger partial charge in [-0.2, -0.15) is 0 Å². The van der Waals surface area contributed by atoms with Gasteiger partial charge >= 0.3 is 0 Å². The van der Waals surface area contributed by atoms with Crippen LogP contribution in [0.5, 0.6) is 0 Å². The van der Waals surface area contributed by atoms with Gasteiger partial charge < -0.3 is 9.05 Å². The van der Waals surface area contributed by atoms with E-state index in [9.17, 15) is 0 Å². The molecule has 0 aliphatic rings. The van der Waals surface area contributed by atoms with Crippen LogP contribution in [0.25, 0.3) is 0 Å². The van der Waals surface area contributed by atoms with Crippen molar-refractivity contribution in [3.05, 3.63) is 23.5 Å². The highest BCUT2D eigenvalue weighted by molar-refractivity contribution is 7.55. The highest BCUT2D eigenvalue weighted by Crippen LogP contribution is 2.34. The molecule has 0 saturated heterocycles. The maximum absolute atomic E-state index is 5.69. The average molecular weight is 206 g/mol. The highest BCUT2D eigenvalue weighted by Gasteiger charge is 2.09. The van der Waals surface area contributed by atoms with Gasteiger partial charge in [0.25, 0.3) is 0 Å². The van der Waals surface area contributed by atoms with E-state index in [0.29, 0.717) is 5.15 Å². The Morgan fingerprint density at radius 3 is 2.58 bits per heavy atom. The topological polar surface area (TPSA) is 31.4 Å². The lowest BCUT2D eigenvalue weighted by atomic mass is 10.5. The van der Waals surface area contributed by atoms with Crippen LogP contribution in [0.2, 0.25) is 5.15 Å². The molecule has 1 heterocycles. The predicted molar refractivity (Wildman–Crippen MR) is 49.8 cm³/mol. The molecule has 0 N–H and O–H groups in total. The van der Waals surface area contributed by atoms with Gasteiger partial charge in [-0.1, -0.05) is 11.6 Å². The molecule has 0 atom stereocenters. The molecule has 0 aliphatic heterocycles. The second-order valence-corrected chi connectivity index (χ2v) is 4.11. The quantitative estimate of drug-likeness (QED) is 0.559. The molecular weight excluding hydrogens is 197 g/mol. The first-order chi connectivity index (χ1) is 5.77. The van der Waals surface area contributed by atoms with E-state index in [2.05, 4.69) is 4.98 Å². The van der Waals surface area contributed by atoms with Crippen molar-refractivity contribution in [2.75, 3.05) is 14.2 Å². The Kier molecular flexibility index (Phi) is 3.89. The molecule has 0 spiro atoms. The van der Waals surface area contributed by atoms with Crippen molar-refractivity contribution >= 4 is 25.3 Å². The minimum Gasteiger partial charge on any atom is -0.334 e. The molecule has 3 nitrogen and oxygen atoms in total. The van der Waals surface area contributed by atoms with Crippen LogP contribution in [0.15, 0.2) is 18.3 Å². The van der Waals surface area contributed by atoms with Crippen LogP contribution in [-0.2, 0) is 9.05 Å². The van der Waals surface area contributed by atoms with Crippen LogP contribution in [-0.4, -0.2) is 19.2 Å². The van der Waals surface area contributed by atoms with Crippen molar-refractivity contribution < 1.29 is 9.05 Å². The molecule has 0 unspecified atom stereocenters. The average Bonchev–Trinajstić information content (AvgIpc) is 2.07. The van der Waals surface area contributed by atoms with Gasteiger partial charge in [0.05, 0.1) is 0 Å². The van der Waals surface area contributed by atoms with Crippen LogP contribution in [0, 0.1) is 0 Å². The molecule has 66 valence electrons. The van der Waals surface area contributed by atoms with E-state index in [1.807, 2.05) is 6.07 Å². The van der Waals surface area contributed by atoms with Gasteiger partial charge in [-0.3, -0.25) is 0 Å². The summed E-state index contributed by atoms with van der Waals surface area (Å²) in [5.41, 5.74) is 0. The summed E-state index contributed by atoms with van der Waals surface area (Å²) in [4.78, 5) is 3.86. The van der Waals surface area contributed by atoms with Crippen LogP contribution in [0.4, 0.5) is 0 Å². The summed E-state index contributed by atoms with van der Waals surface area (Å²) in [6, 6.07) is 3.56. The zero-order valence-electron chi connectivity index (χ0n) is 6.82. The fourth-order valence-corrected chi connectivity index (χ4v) is 2.03. The minimum absolute atomic E-state index is 0.453. The van der Waals surface area contributed by atoms with E-state index in [1.54, 1.807) is 26.5 Å². The first-order valence-electron chi connectivity index (χ1n) is 3.28. The lowest BCUT2D eigenvalue weighted by Gasteiger charge is -2.11. The first kappa shape index (κ1) is 9.87. The normalized spacial score (nSPS) is 10.7. The van der Waals surface area contributed by atoms with Crippen molar-refractivity contribution in [1.29, 1.82) is 0 Å². The number of hydrogen-bond acceptors (Lipinski definition) is 3. The molecule has 1 aromatic heterocycles. The number of aromatic nitrogens is 1. The van der Waals surface area contributed by atoms with Gasteiger partial charge in [0.15, 0.2) is 0 Å². The summed E-state index contributed by atoms with van der Waals surface area (Å²) >= 11 is 5.69. The van der Waals surface area contributed by atoms with Crippen molar-refractivity contribution in [3.8, 4) is 0 Å². The Morgan fingerprint density at radius 1 is 1.42 bits per heavy atom. The molecule has 0 fully saturated rings. The van der Waals surface area contributed by atoms with Crippen molar-refractivity contribution in [2.45, 2.75) is 0 Å². The van der Waals surface area contributed by atoms with E-state index in [-0.39, 0.29) is 0 Å². The number of nitrogens with zero attached hydrogens (tertiary/aromatic N) is 1. The van der Waals surface area contributed by atoms with Gasteiger partial charge in [-0.25, -0.2) is 4.98 Å². The molecule has 0 amide bonds. The predicted octanol–water partition coefficient (Wildman–Crippen LogP) is 1.96. The largest absolute Gasteiger partial charge is 0.334 e. The second kappa shape index (κ2) is 4.73. The van der Waals surface area contributed by atoms with E-state index < -0.39 is 8.38 Å². The maximum atomic E-state index is 5.69. The molecule has 1 aromatic rings. The minimum atomic E-state index is -0.992. The van der Waals surface area contributed by atoms with Crippen LogP contribution < -0.4 is 5.30 Å². The summed E-state index contributed by atoms with van der Waals surface area (Å²) in [6.07, 6.45) is 1.63. The Hall–Kier alpha value is -0.210. The Bertz CT molecular complexity index is 255. The van der Waals surface area contributed by atoms with E-state index in [0.717, 1.165) is 5.30 Å². The standard InChI is InChI=1S/C7H9ClNO2P/c1-10-12(11-2)6-3-4-9-7(8)5-6/h3-5H,1-2H3. The van der Waals surface area contributed by atoms with Gasteiger partial charge in [-0.05, 0) is 12.1 Å². The summed E-state index contributed by atoms with van der Waals surface area (Å²) in [6.45, 7) is 0. The second-order valence-electron chi connectivity index (χ2n) is 1.96. The third-order valence-corrected chi connectivity index (χ3v) is 2.82. The molecule has 0 radical (unpaired) electrons. The molecule has 0 bridgehead atoms. The van der Waals surface area contributed by atoms with E-state index >= 15 is 0 Å². The van der Waals surface area contributed by atoms with Crippen LogP contribution in [0.1, 0.15) is 0 Å². The summed E-state index contributed by atoms with van der Waals surface area (Å²) < 4.78 is 10.2. The van der Waals surface area contributed by atoms with Crippen molar-refractivity contribution in [1.82, 2.24) is 4.98 Å². The molecule has 0 aromatic carbocycles. The van der Waals surface area contributed by atoms with Gasteiger partial charge in [-0.15, -0.1) is 0 Å². The first-order valence-corrected chi connectivity index (χ1v) is 4.83. The highest BCUT2D eigenvalue weighted by atomic mass is 35.5. The van der Waals surface area contributed by atoms with Gasteiger partial charge in [0.2, 0.25) is 8.38 Å². The molecule has 1 rings (SSSR count). The molecule has 0 aliphatic carbocycles. The Morgan fingerprint density at radius 2 is 2.08 bits per heavy atom. The molecule has 0 saturated carbocycles. The van der Waals surface area contributed by atoms with Crippen molar-refractivity contribution in [3.63, 3.8) is 0 Å². The SMILES string of the molecule is COP(OC)c1ccnc(Cl)c1. The zero-order chi connectivity index (χ0) is 8.97. The lowest BCUT2D eigenvalue weighted by Crippen LogP contribution is -2.03. The number of pyridine rings is 1. The fourth-order valence-electron chi connectivity index (χ4n) is 0.791. The van der Waals surface area contributed by atoms with Crippen molar-refractivity contribution in [2.24, 2.45) is 0 Å². The third-order valence-electron chi connectivity index (χ3n) is 1.25. The maximum Gasteiger partial charge on any atom is 0.204 e. The lowest BCUT2D eigenvalue weighted by molar-refractivity contribution is 0.350.